The number of hydrogen-bond donors (Lipinski definition) is 4. The fraction of sp³-hybridized carbons (Fsp3) is 0.421. The maximum Gasteiger partial charge on any atom is 0.336 e. The van der Waals surface area contributed by atoms with Crippen molar-refractivity contribution in [2.45, 2.75) is 33.3 Å². The Hall–Kier alpha value is -2.71. The molecule has 1 aromatic carbocycles. The van der Waals surface area contributed by atoms with Gasteiger partial charge in [0.25, 0.3) is 0 Å². The van der Waals surface area contributed by atoms with E-state index in [1.165, 1.54) is 6.07 Å². The number of nitrogens with one attached hydrogen (secondary N) is 2. The summed E-state index contributed by atoms with van der Waals surface area (Å²) in [5, 5.41) is 25.0. The molecule has 2 aromatic rings. The molecule has 0 fully saturated rings. The summed E-state index contributed by atoms with van der Waals surface area (Å²) in [4.78, 5) is 35.3. The van der Waals surface area contributed by atoms with Gasteiger partial charge in [0.15, 0.2) is 0 Å². The summed E-state index contributed by atoms with van der Waals surface area (Å²) < 4.78 is 5.13. The lowest BCUT2D eigenvalue weighted by molar-refractivity contribution is -0.137. The molecule has 0 aliphatic carbocycles. The van der Waals surface area contributed by atoms with Crippen LogP contribution in [0.25, 0.3) is 11.0 Å². The number of benzene rings is 1. The third-order valence-electron chi connectivity index (χ3n) is 4.28. The Kier molecular flexibility index (Phi) is 6.35. The van der Waals surface area contributed by atoms with Gasteiger partial charge in [0.1, 0.15) is 11.7 Å². The number of carbonyl (C=O) groups excluding carboxylic acids is 2. The van der Waals surface area contributed by atoms with Gasteiger partial charge in [0, 0.05) is 41.6 Å². The fourth-order valence-corrected chi connectivity index (χ4v) is 2.46. The summed E-state index contributed by atoms with van der Waals surface area (Å²) in [6.07, 6.45) is -1.38. The van der Waals surface area contributed by atoms with Crippen LogP contribution in [0.2, 0.25) is 0 Å². The monoisotopic (exact) mass is 376 g/mol. The van der Waals surface area contributed by atoms with Crippen molar-refractivity contribution in [3.63, 3.8) is 0 Å². The van der Waals surface area contributed by atoms with E-state index in [1.807, 2.05) is 0 Å². The molecule has 27 heavy (non-hydrogen) atoms. The van der Waals surface area contributed by atoms with E-state index in [0.717, 1.165) is 10.9 Å². The first-order valence-electron chi connectivity index (χ1n) is 8.55. The lowest BCUT2D eigenvalue weighted by Crippen LogP contribution is -2.46. The van der Waals surface area contributed by atoms with Crippen LogP contribution in [-0.2, 0) is 9.59 Å². The molecule has 4 N–H and O–H groups in total. The number of anilines is 1. The van der Waals surface area contributed by atoms with E-state index < -0.39 is 23.1 Å². The van der Waals surface area contributed by atoms with Crippen molar-refractivity contribution in [2.24, 2.45) is 5.41 Å². The van der Waals surface area contributed by atoms with Gasteiger partial charge in [-0.05, 0) is 24.6 Å². The van der Waals surface area contributed by atoms with Crippen LogP contribution >= 0.6 is 0 Å². The average molecular weight is 376 g/mol. The first-order valence-corrected chi connectivity index (χ1v) is 8.55. The lowest BCUT2D eigenvalue weighted by Gasteiger charge is -2.27. The standard InChI is InChI=1S/C19H24N2O6/c1-11-8-16(24)27-14-9-12(4-5-13(11)14)21-15(23)6-7-20-18(26)17(25)19(2,3)10-22/h4-5,8-9,17,22,25H,6-7,10H2,1-3H3,(H,20,26)(H,21,23). The Morgan fingerprint density at radius 3 is 2.63 bits per heavy atom. The maximum absolute atomic E-state index is 12.0. The predicted octanol–water partition coefficient (Wildman–Crippen LogP) is 0.926. The van der Waals surface area contributed by atoms with Crippen LogP contribution in [0.15, 0.2) is 33.5 Å². The van der Waals surface area contributed by atoms with E-state index in [9.17, 15) is 19.5 Å². The van der Waals surface area contributed by atoms with Crippen LogP contribution in [0.1, 0.15) is 25.8 Å². The molecule has 0 spiro atoms. The van der Waals surface area contributed by atoms with Crippen LogP contribution in [0.4, 0.5) is 5.69 Å². The maximum atomic E-state index is 12.0. The Morgan fingerprint density at radius 1 is 1.26 bits per heavy atom. The van der Waals surface area contributed by atoms with E-state index in [2.05, 4.69) is 10.6 Å². The molecule has 2 amide bonds. The Labute approximate surface area is 156 Å². The predicted molar refractivity (Wildman–Crippen MR) is 100 cm³/mol. The Bertz CT molecular complexity index is 903. The zero-order chi connectivity index (χ0) is 20.2. The number of rotatable bonds is 7. The van der Waals surface area contributed by atoms with Gasteiger partial charge in [0.2, 0.25) is 11.8 Å². The van der Waals surface area contributed by atoms with Gasteiger partial charge in [-0.25, -0.2) is 4.79 Å². The van der Waals surface area contributed by atoms with E-state index in [-0.39, 0.29) is 25.5 Å². The van der Waals surface area contributed by atoms with E-state index in [1.54, 1.807) is 39.0 Å². The molecule has 0 saturated heterocycles. The highest BCUT2D eigenvalue weighted by Gasteiger charge is 2.32. The minimum Gasteiger partial charge on any atom is -0.423 e. The molecule has 8 nitrogen and oxygen atoms in total. The normalized spacial score (nSPS) is 12.6. The van der Waals surface area contributed by atoms with Gasteiger partial charge in [-0.1, -0.05) is 13.8 Å². The summed E-state index contributed by atoms with van der Waals surface area (Å²) in [7, 11) is 0. The molecule has 1 aromatic heterocycles. The van der Waals surface area contributed by atoms with Crippen molar-refractivity contribution in [3.05, 3.63) is 40.2 Å². The highest BCUT2D eigenvalue weighted by atomic mass is 16.4. The van der Waals surface area contributed by atoms with Crippen LogP contribution in [0, 0.1) is 12.3 Å². The molecule has 2 rings (SSSR count). The molecule has 0 radical (unpaired) electrons. The number of aryl methyl sites for hydroxylation is 1. The second kappa shape index (κ2) is 8.32. The Balaban J connectivity index is 1.92. The SMILES string of the molecule is Cc1cc(=O)oc2cc(NC(=O)CCNC(=O)C(O)C(C)(C)CO)ccc12. The smallest absolute Gasteiger partial charge is 0.336 e. The van der Waals surface area contributed by atoms with Crippen LogP contribution in [-0.4, -0.2) is 41.3 Å². The largest absolute Gasteiger partial charge is 0.423 e. The van der Waals surface area contributed by atoms with E-state index in [4.69, 9.17) is 9.52 Å². The van der Waals surface area contributed by atoms with Gasteiger partial charge >= 0.3 is 5.63 Å². The van der Waals surface area contributed by atoms with E-state index in [0.29, 0.717) is 11.3 Å². The van der Waals surface area contributed by atoms with Crippen LogP contribution < -0.4 is 16.3 Å². The summed E-state index contributed by atoms with van der Waals surface area (Å²) in [5.41, 5.74) is 0.190. The number of aliphatic hydroxyl groups is 2. The van der Waals surface area contributed by atoms with Crippen molar-refractivity contribution in [3.8, 4) is 0 Å². The zero-order valence-corrected chi connectivity index (χ0v) is 15.5. The third kappa shape index (κ3) is 5.15. The number of amides is 2. The van der Waals surface area contributed by atoms with Crippen molar-refractivity contribution < 1.29 is 24.2 Å². The second-order valence-corrected chi connectivity index (χ2v) is 7.10. The van der Waals surface area contributed by atoms with Crippen molar-refractivity contribution in [1.82, 2.24) is 5.32 Å². The van der Waals surface area contributed by atoms with Gasteiger partial charge in [-0.15, -0.1) is 0 Å². The average Bonchev–Trinajstić information content (AvgIpc) is 2.60. The number of fused-ring (bicyclic) bond motifs is 1. The summed E-state index contributed by atoms with van der Waals surface area (Å²) in [5.74, 6) is -0.995. The molecule has 146 valence electrons. The van der Waals surface area contributed by atoms with Crippen LogP contribution in [0.3, 0.4) is 0 Å². The summed E-state index contributed by atoms with van der Waals surface area (Å²) in [6.45, 7) is 4.60. The Morgan fingerprint density at radius 2 is 1.96 bits per heavy atom. The molecule has 0 bridgehead atoms. The highest BCUT2D eigenvalue weighted by molar-refractivity contribution is 5.94. The lowest BCUT2D eigenvalue weighted by atomic mass is 9.87. The molecular formula is C19H24N2O6. The summed E-state index contributed by atoms with van der Waals surface area (Å²) in [6, 6.07) is 6.40. The molecule has 1 unspecified atom stereocenters. The topological polar surface area (TPSA) is 129 Å². The van der Waals surface area contributed by atoms with Crippen molar-refractivity contribution in [1.29, 1.82) is 0 Å². The molecule has 0 aliphatic rings. The van der Waals surface area contributed by atoms with Gasteiger partial charge < -0.3 is 25.3 Å². The van der Waals surface area contributed by atoms with Gasteiger partial charge in [-0.2, -0.15) is 0 Å². The van der Waals surface area contributed by atoms with Crippen molar-refractivity contribution >= 4 is 28.5 Å². The third-order valence-corrected chi connectivity index (χ3v) is 4.28. The number of carbonyl (C=O) groups is 2. The number of hydrogen-bond acceptors (Lipinski definition) is 6. The van der Waals surface area contributed by atoms with Gasteiger partial charge in [-0.3, -0.25) is 9.59 Å². The minimum absolute atomic E-state index is 0.00613. The number of aliphatic hydroxyl groups excluding tert-OH is 2. The summed E-state index contributed by atoms with van der Waals surface area (Å²) >= 11 is 0. The van der Waals surface area contributed by atoms with Crippen molar-refractivity contribution in [2.75, 3.05) is 18.5 Å². The quantitative estimate of drug-likeness (QED) is 0.532. The highest BCUT2D eigenvalue weighted by Crippen LogP contribution is 2.21. The minimum atomic E-state index is -1.38. The molecular weight excluding hydrogens is 352 g/mol. The molecule has 8 heteroatoms. The van der Waals surface area contributed by atoms with Crippen LogP contribution in [0.5, 0.6) is 0 Å². The fourth-order valence-electron chi connectivity index (χ4n) is 2.46. The molecule has 1 atom stereocenters. The molecule has 1 heterocycles. The molecule has 0 aliphatic heterocycles. The van der Waals surface area contributed by atoms with Gasteiger partial charge in [0.05, 0.1) is 6.61 Å². The van der Waals surface area contributed by atoms with E-state index >= 15 is 0 Å². The first-order chi connectivity index (χ1) is 12.6. The molecule has 0 saturated carbocycles. The zero-order valence-electron chi connectivity index (χ0n) is 15.5. The second-order valence-electron chi connectivity index (χ2n) is 7.10. The first kappa shape index (κ1) is 20.6.